The Kier molecular flexibility index (Phi) is 3.58. The molecular formula is C20H33NO. The van der Waals surface area contributed by atoms with Gasteiger partial charge in [0.05, 0.1) is 0 Å². The van der Waals surface area contributed by atoms with E-state index in [4.69, 9.17) is 5.21 Å². The van der Waals surface area contributed by atoms with E-state index in [0.29, 0.717) is 16.7 Å². The van der Waals surface area contributed by atoms with Crippen LogP contribution in [0.25, 0.3) is 0 Å². The number of nitrogens with zero attached hydrogens (tertiary/aromatic N) is 1. The summed E-state index contributed by atoms with van der Waals surface area (Å²) in [6.45, 7) is 5.15. The average molecular weight is 303 g/mol. The third-order valence-electron chi connectivity index (χ3n) is 8.90. The van der Waals surface area contributed by atoms with E-state index >= 15 is 0 Å². The van der Waals surface area contributed by atoms with Crippen LogP contribution in [0.3, 0.4) is 0 Å². The first-order valence-electron chi connectivity index (χ1n) is 9.77. The lowest BCUT2D eigenvalue weighted by Gasteiger charge is -2.60. The molecule has 4 aliphatic carbocycles. The SMILES string of the molecule is C[C@]12CCCC[C@H]1CC[C@@H]1[C@@H]2CC[C@]2(C)[C@@H](/C=N/O)CC[C@@H]12. The van der Waals surface area contributed by atoms with Crippen molar-refractivity contribution in [1.29, 1.82) is 0 Å². The predicted octanol–water partition coefficient (Wildman–Crippen LogP) is 5.50. The first kappa shape index (κ1) is 15.0. The third-order valence-corrected chi connectivity index (χ3v) is 8.90. The van der Waals surface area contributed by atoms with E-state index in [1.807, 2.05) is 6.21 Å². The van der Waals surface area contributed by atoms with Gasteiger partial charge in [0.2, 0.25) is 0 Å². The Bertz CT molecular complexity index is 461. The van der Waals surface area contributed by atoms with Crippen LogP contribution in [-0.4, -0.2) is 11.4 Å². The molecule has 7 atom stereocenters. The van der Waals surface area contributed by atoms with Crippen LogP contribution in [0.4, 0.5) is 0 Å². The lowest BCUT2D eigenvalue weighted by molar-refractivity contribution is -0.106. The smallest absolute Gasteiger partial charge is 0.0472 e. The summed E-state index contributed by atoms with van der Waals surface area (Å²) in [7, 11) is 0. The molecule has 4 fully saturated rings. The molecule has 4 rings (SSSR count). The van der Waals surface area contributed by atoms with Crippen molar-refractivity contribution in [3.05, 3.63) is 0 Å². The van der Waals surface area contributed by atoms with Crippen molar-refractivity contribution in [3.63, 3.8) is 0 Å². The van der Waals surface area contributed by atoms with Crippen molar-refractivity contribution in [3.8, 4) is 0 Å². The van der Waals surface area contributed by atoms with Gasteiger partial charge in [0.25, 0.3) is 0 Å². The Labute approximate surface area is 135 Å². The molecule has 22 heavy (non-hydrogen) atoms. The van der Waals surface area contributed by atoms with Gasteiger partial charge in [-0.15, -0.1) is 5.16 Å². The molecule has 0 saturated heterocycles. The summed E-state index contributed by atoms with van der Waals surface area (Å²) >= 11 is 0. The Morgan fingerprint density at radius 2 is 1.68 bits per heavy atom. The summed E-state index contributed by atoms with van der Waals surface area (Å²) in [6, 6.07) is 0. The fourth-order valence-corrected chi connectivity index (χ4v) is 7.66. The van der Waals surface area contributed by atoms with Crippen LogP contribution >= 0.6 is 0 Å². The van der Waals surface area contributed by atoms with Gasteiger partial charge in [0.1, 0.15) is 0 Å². The zero-order valence-electron chi connectivity index (χ0n) is 14.4. The van der Waals surface area contributed by atoms with Crippen molar-refractivity contribution < 1.29 is 5.21 Å². The van der Waals surface area contributed by atoms with E-state index in [9.17, 15) is 0 Å². The van der Waals surface area contributed by atoms with E-state index in [2.05, 4.69) is 19.0 Å². The van der Waals surface area contributed by atoms with Gasteiger partial charge in [0.15, 0.2) is 0 Å². The predicted molar refractivity (Wildman–Crippen MR) is 90.1 cm³/mol. The molecule has 2 nitrogen and oxygen atoms in total. The number of fused-ring (bicyclic) bond motifs is 5. The van der Waals surface area contributed by atoms with Crippen LogP contribution in [0.15, 0.2) is 5.16 Å². The van der Waals surface area contributed by atoms with Crippen LogP contribution < -0.4 is 0 Å². The Morgan fingerprint density at radius 1 is 0.864 bits per heavy atom. The third kappa shape index (κ3) is 1.94. The molecule has 124 valence electrons. The number of hydrogen-bond acceptors (Lipinski definition) is 2. The second-order valence-corrected chi connectivity index (χ2v) is 9.40. The highest BCUT2D eigenvalue weighted by atomic mass is 16.4. The second kappa shape index (κ2) is 5.24. The van der Waals surface area contributed by atoms with Gasteiger partial charge in [-0.3, -0.25) is 0 Å². The molecule has 2 heteroatoms. The van der Waals surface area contributed by atoms with Crippen LogP contribution in [0.1, 0.15) is 78.1 Å². The van der Waals surface area contributed by atoms with Crippen LogP contribution in [0.2, 0.25) is 0 Å². The van der Waals surface area contributed by atoms with Crippen LogP contribution in [0, 0.1) is 40.4 Å². The molecule has 0 aliphatic heterocycles. The van der Waals surface area contributed by atoms with E-state index in [1.165, 1.54) is 64.2 Å². The second-order valence-electron chi connectivity index (χ2n) is 9.40. The van der Waals surface area contributed by atoms with Crippen LogP contribution in [-0.2, 0) is 0 Å². The lowest BCUT2D eigenvalue weighted by Crippen LogP contribution is -2.52. The molecule has 0 aromatic carbocycles. The van der Waals surface area contributed by atoms with E-state index in [-0.39, 0.29) is 0 Å². The average Bonchev–Trinajstić information content (AvgIpc) is 2.84. The summed E-state index contributed by atoms with van der Waals surface area (Å²) in [5.74, 6) is 4.35. The molecule has 1 N–H and O–H groups in total. The fourth-order valence-electron chi connectivity index (χ4n) is 7.66. The summed E-state index contributed by atoms with van der Waals surface area (Å²) in [5.41, 5.74) is 1.05. The Morgan fingerprint density at radius 3 is 2.50 bits per heavy atom. The molecule has 0 heterocycles. The zero-order chi connectivity index (χ0) is 15.4. The van der Waals surface area contributed by atoms with Gasteiger partial charge in [-0.2, -0.15) is 0 Å². The molecular weight excluding hydrogens is 270 g/mol. The Hall–Kier alpha value is -0.530. The quantitative estimate of drug-likeness (QED) is 0.387. The molecule has 0 spiro atoms. The molecule has 4 saturated carbocycles. The fraction of sp³-hybridized carbons (Fsp3) is 0.950. The van der Waals surface area contributed by atoms with Crippen molar-refractivity contribution in [1.82, 2.24) is 0 Å². The summed E-state index contributed by atoms with van der Waals surface area (Å²) < 4.78 is 0. The molecule has 4 aliphatic rings. The van der Waals surface area contributed by atoms with Gasteiger partial charge in [0, 0.05) is 12.1 Å². The molecule has 0 aromatic rings. The minimum atomic E-state index is 0.408. The normalized spacial score (nSPS) is 54.7. The largest absolute Gasteiger partial charge is 0.411 e. The maximum atomic E-state index is 9.03. The van der Waals surface area contributed by atoms with Gasteiger partial charge in [-0.05, 0) is 85.9 Å². The van der Waals surface area contributed by atoms with Gasteiger partial charge in [-0.1, -0.05) is 26.7 Å². The highest BCUT2D eigenvalue weighted by Gasteiger charge is 2.59. The number of oxime groups is 1. The maximum Gasteiger partial charge on any atom is 0.0472 e. The lowest BCUT2D eigenvalue weighted by atomic mass is 9.45. The number of hydrogen-bond donors (Lipinski definition) is 1. The van der Waals surface area contributed by atoms with Crippen molar-refractivity contribution in [2.45, 2.75) is 78.1 Å². The summed E-state index contributed by atoms with van der Waals surface area (Å²) in [5, 5.41) is 12.4. The topological polar surface area (TPSA) is 32.6 Å². The first-order valence-corrected chi connectivity index (χ1v) is 9.77. The molecule has 0 bridgehead atoms. The minimum absolute atomic E-state index is 0.408. The number of rotatable bonds is 1. The van der Waals surface area contributed by atoms with E-state index < -0.39 is 0 Å². The first-order chi connectivity index (χ1) is 10.6. The summed E-state index contributed by atoms with van der Waals surface area (Å²) in [6.07, 6.45) is 16.2. The summed E-state index contributed by atoms with van der Waals surface area (Å²) in [4.78, 5) is 0. The molecule has 0 amide bonds. The highest BCUT2D eigenvalue weighted by Crippen LogP contribution is 2.67. The Balaban J connectivity index is 1.62. The van der Waals surface area contributed by atoms with Crippen molar-refractivity contribution >= 4 is 6.21 Å². The van der Waals surface area contributed by atoms with Gasteiger partial charge in [-0.25, -0.2) is 0 Å². The van der Waals surface area contributed by atoms with Crippen LogP contribution in [0.5, 0.6) is 0 Å². The van der Waals surface area contributed by atoms with Gasteiger partial charge < -0.3 is 5.21 Å². The monoisotopic (exact) mass is 303 g/mol. The molecule has 0 radical (unpaired) electrons. The standard InChI is InChI=1S/C20H33NO/c1-19-11-4-3-5-14(19)6-8-16-17-9-7-15(13-21-22)20(17,2)12-10-18(16)19/h13-18,22H,3-12H2,1-2H3/b21-13+/t14-,15+,16-,17-,18-,19-,20+/m0/s1. The molecule has 0 aromatic heterocycles. The van der Waals surface area contributed by atoms with E-state index in [0.717, 1.165) is 23.7 Å². The minimum Gasteiger partial charge on any atom is -0.411 e. The van der Waals surface area contributed by atoms with Gasteiger partial charge >= 0.3 is 0 Å². The molecule has 0 unspecified atom stereocenters. The van der Waals surface area contributed by atoms with Crippen molar-refractivity contribution in [2.75, 3.05) is 0 Å². The van der Waals surface area contributed by atoms with Crippen molar-refractivity contribution in [2.24, 2.45) is 45.6 Å². The highest BCUT2D eigenvalue weighted by molar-refractivity contribution is 5.62. The van der Waals surface area contributed by atoms with E-state index in [1.54, 1.807) is 0 Å². The maximum absolute atomic E-state index is 9.03. The zero-order valence-corrected chi connectivity index (χ0v) is 14.4.